The molecule has 0 fully saturated rings. The number of amides is 1. The molecule has 1 aromatic carbocycles. The highest BCUT2D eigenvalue weighted by Gasteiger charge is 2.33. The number of benzene rings is 1. The van der Waals surface area contributed by atoms with Crippen LogP contribution in [0.4, 0.5) is 0 Å². The van der Waals surface area contributed by atoms with E-state index in [4.69, 9.17) is 15.2 Å². The third-order valence-electron chi connectivity index (χ3n) is 2.54. The number of hydrogen-bond acceptors (Lipinski definition) is 4. The lowest BCUT2D eigenvalue weighted by atomic mass is 10.1. The Morgan fingerprint density at radius 2 is 1.94 bits per heavy atom. The van der Waals surface area contributed by atoms with Gasteiger partial charge >= 0.3 is 0 Å². The number of rotatable bonds is 3. The molecule has 0 aromatic heterocycles. The lowest BCUT2D eigenvalue weighted by Crippen LogP contribution is -2.49. The Morgan fingerprint density at radius 1 is 1.33 bits per heavy atom. The van der Waals surface area contributed by atoms with Crippen LogP contribution in [-0.2, 0) is 4.79 Å². The van der Waals surface area contributed by atoms with Gasteiger partial charge in [-0.05, 0) is 19.1 Å². The number of nitrogens with two attached hydrogens (primary N) is 1. The molecule has 0 aliphatic carbocycles. The number of carbonyl (C=O) groups excluding carboxylic acids is 1. The van der Waals surface area contributed by atoms with Crippen molar-refractivity contribution in [2.45, 2.75) is 19.1 Å². The average molecular weight is 273 g/mol. The van der Waals surface area contributed by atoms with Crippen molar-refractivity contribution in [2.24, 2.45) is 5.73 Å². The monoisotopic (exact) mass is 272 g/mol. The molecule has 1 aromatic rings. The summed E-state index contributed by atoms with van der Waals surface area (Å²) in [5, 5.41) is 2.69. The normalized spacial score (nSPS) is 20.8. The van der Waals surface area contributed by atoms with E-state index in [1.54, 1.807) is 6.07 Å². The van der Waals surface area contributed by atoms with Gasteiger partial charge in [0, 0.05) is 13.1 Å². The van der Waals surface area contributed by atoms with E-state index in [9.17, 15) is 4.79 Å². The summed E-state index contributed by atoms with van der Waals surface area (Å²) in [5.74, 6) is 1.07. The van der Waals surface area contributed by atoms with E-state index < -0.39 is 6.10 Å². The molecular weight excluding hydrogens is 256 g/mol. The van der Waals surface area contributed by atoms with Crippen molar-refractivity contribution in [3.63, 3.8) is 0 Å². The largest absolute Gasteiger partial charge is 0.482 e. The Morgan fingerprint density at radius 3 is 2.56 bits per heavy atom. The predicted molar refractivity (Wildman–Crippen MR) is 70.3 cm³/mol. The van der Waals surface area contributed by atoms with E-state index in [1.165, 1.54) is 0 Å². The third-order valence-corrected chi connectivity index (χ3v) is 2.54. The van der Waals surface area contributed by atoms with E-state index in [-0.39, 0.29) is 24.4 Å². The number of carbonyl (C=O) groups is 1. The Bertz CT molecular complexity index is 414. The molecule has 0 saturated carbocycles. The van der Waals surface area contributed by atoms with Gasteiger partial charge in [-0.3, -0.25) is 4.79 Å². The quantitative estimate of drug-likeness (QED) is 0.850. The zero-order valence-corrected chi connectivity index (χ0v) is 10.9. The Hall–Kier alpha value is -1.46. The summed E-state index contributed by atoms with van der Waals surface area (Å²) in [7, 11) is 0. The van der Waals surface area contributed by atoms with Crippen molar-refractivity contribution in [1.29, 1.82) is 0 Å². The molecule has 1 heterocycles. The summed E-state index contributed by atoms with van der Waals surface area (Å²) in [6.45, 7) is 2.65. The van der Waals surface area contributed by atoms with Crippen LogP contribution >= 0.6 is 12.4 Å². The number of para-hydroxylation sites is 2. The molecule has 2 unspecified atom stereocenters. The molecule has 5 nitrogen and oxygen atoms in total. The SMILES string of the molecule is CC1Oc2ccccc2OC1C(=O)NCCN.Cl. The van der Waals surface area contributed by atoms with Crippen LogP contribution in [0.25, 0.3) is 0 Å². The number of fused-ring (bicyclic) bond motifs is 1. The fraction of sp³-hybridized carbons (Fsp3) is 0.417. The van der Waals surface area contributed by atoms with E-state index >= 15 is 0 Å². The van der Waals surface area contributed by atoms with Gasteiger partial charge in [-0.25, -0.2) is 0 Å². The van der Waals surface area contributed by atoms with Crippen molar-refractivity contribution in [1.82, 2.24) is 5.32 Å². The Kier molecular flexibility index (Phi) is 5.25. The maximum absolute atomic E-state index is 11.8. The van der Waals surface area contributed by atoms with Crippen molar-refractivity contribution in [3.05, 3.63) is 24.3 Å². The first-order valence-corrected chi connectivity index (χ1v) is 5.62. The van der Waals surface area contributed by atoms with Gasteiger partial charge in [-0.15, -0.1) is 12.4 Å². The van der Waals surface area contributed by atoms with Crippen LogP contribution in [0, 0.1) is 0 Å². The second kappa shape index (κ2) is 6.47. The Labute approximate surface area is 112 Å². The van der Waals surface area contributed by atoms with E-state index in [0.29, 0.717) is 24.6 Å². The highest BCUT2D eigenvalue weighted by Crippen LogP contribution is 2.33. The summed E-state index contributed by atoms with van der Waals surface area (Å²) in [6.07, 6.45) is -0.945. The summed E-state index contributed by atoms with van der Waals surface area (Å²) in [6, 6.07) is 7.31. The first kappa shape index (κ1) is 14.6. The Balaban J connectivity index is 0.00000162. The van der Waals surface area contributed by atoms with Gasteiger partial charge in [0.15, 0.2) is 11.5 Å². The van der Waals surface area contributed by atoms with Gasteiger partial charge in [-0.1, -0.05) is 12.1 Å². The first-order chi connectivity index (χ1) is 8.22. The van der Waals surface area contributed by atoms with Crippen LogP contribution in [-0.4, -0.2) is 31.2 Å². The fourth-order valence-corrected chi connectivity index (χ4v) is 1.70. The smallest absolute Gasteiger partial charge is 0.265 e. The standard InChI is InChI=1S/C12H16N2O3.ClH/c1-8-11(12(15)14-7-6-13)17-10-5-3-2-4-9(10)16-8;/h2-5,8,11H,6-7,13H2,1H3,(H,14,15);1H. The number of halogens is 1. The molecule has 0 saturated heterocycles. The molecular formula is C12H17ClN2O3. The molecule has 1 aliphatic heterocycles. The van der Waals surface area contributed by atoms with Crippen molar-refractivity contribution in [2.75, 3.05) is 13.1 Å². The third kappa shape index (κ3) is 3.05. The van der Waals surface area contributed by atoms with Crippen molar-refractivity contribution >= 4 is 18.3 Å². The summed E-state index contributed by atoms with van der Waals surface area (Å²) in [4.78, 5) is 11.8. The average Bonchev–Trinajstić information content (AvgIpc) is 2.35. The molecule has 1 aliphatic rings. The van der Waals surface area contributed by atoms with Gasteiger partial charge in [0.05, 0.1) is 0 Å². The molecule has 0 radical (unpaired) electrons. The van der Waals surface area contributed by atoms with Crippen LogP contribution < -0.4 is 20.5 Å². The molecule has 18 heavy (non-hydrogen) atoms. The first-order valence-electron chi connectivity index (χ1n) is 5.62. The van der Waals surface area contributed by atoms with Gasteiger partial charge in [0.25, 0.3) is 5.91 Å². The van der Waals surface area contributed by atoms with Crippen LogP contribution in [0.2, 0.25) is 0 Å². The highest BCUT2D eigenvalue weighted by molar-refractivity contribution is 5.85. The number of ether oxygens (including phenoxy) is 2. The summed E-state index contributed by atoms with van der Waals surface area (Å²) >= 11 is 0. The molecule has 3 N–H and O–H groups in total. The van der Waals surface area contributed by atoms with Crippen molar-refractivity contribution in [3.8, 4) is 11.5 Å². The number of hydrogen-bond donors (Lipinski definition) is 2. The van der Waals surface area contributed by atoms with E-state index in [2.05, 4.69) is 5.32 Å². The molecule has 0 bridgehead atoms. The van der Waals surface area contributed by atoms with Gasteiger partial charge in [0.2, 0.25) is 6.10 Å². The minimum atomic E-state index is -0.628. The maximum Gasteiger partial charge on any atom is 0.265 e. The van der Waals surface area contributed by atoms with Crippen LogP contribution in [0.15, 0.2) is 24.3 Å². The van der Waals surface area contributed by atoms with E-state index in [0.717, 1.165) is 0 Å². The molecule has 2 atom stereocenters. The zero-order chi connectivity index (χ0) is 12.3. The summed E-state index contributed by atoms with van der Waals surface area (Å²) in [5.41, 5.74) is 5.33. The van der Waals surface area contributed by atoms with Gasteiger partial charge in [0.1, 0.15) is 6.10 Å². The lowest BCUT2D eigenvalue weighted by molar-refractivity contribution is -0.133. The fourth-order valence-electron chi connectivity index (χ4n) is 1.70. The topological polar surface area (TPSA) is 73.6 Å². The molecule has 100 valence electrons. The highest BCUT2D eigenvalue weighted by atomic mass is 35.5. The second-order valence-electron chi connectivity index (χ2n) is 3.89. The van der Waals surface area contributed by atoms with Gasteiger partial charge < -0.3 is 20.5 Å². The molecule has 0 spiro atoms. The van der Waals surface area contributed by atoms with Crippen molar-refractivity contribution < 1.29 is 14.3 Å². The predicted octanol–water partition coefficient (Wildman–Crippen LogP) is 0.712. The van der Waals surface area contributed by atoms with Crippen LogP contribution in [0.1, 0.15) is 6.92 Å². The molecule has 6 heteroatoms. The molecule has 1 amide bonds. The van der Waals surface area contributed by atoms with Crippen LogP contribution in [0.3, 0.4) is 0 Å². The zero-order valence-electron chi connectivity index (χ0n) is 10.1. The summed E-state index contributed by atoms with van der Waals surface area (Å²) < 4.78 is 11.3. The molecule has 2 rings (SSSR count). The maximum atomic E-state index is 11.8. The number of nitrogens with one attached hydrogen (secondary N) is 1. The second-order valence-corrected chi connectivity index (χ2v) is 3.89. The minimum absolute atomic E-state index is 0. The van der Waals surface area contributed by atoms with Crippen LogP contribution in [0.5, 0.6) is 11.5 Å². The minimum Gasteiger partial charge on any atom is -0.482 e. The van der Waals surface area contributed by atoms with E-state index in [1.807, 2.05) is 25.1 Å². The lowest BCUT2D eigenvalue weighted by Gasteiger charge is -2.30. The van der Waals surface area contributed by atoms with Gasteiger partial charge in [-0.2, -0.15) is 0 Å².